The molecule has 2 N–H and O–H groups in total. The molecule has 0 spiro atoms. The predicted octanol–water partition coefficient (Wildman–Crippen LogP) is 7.16. The van der Waals surface area contributed by atoms with Gasteiger partial charge >= 0.3 is 0 Å². The number of pyridine rings is 2. The van der Waals surface area contributed by atoms with Crippen molar-refractivity contribution < 1.29 is 5.11 Å². The number of aromatic amines is 1. The van der Waals surface area contributed by atoms with E-state index >= 15 is 0 Å². The Hall–Kier alpha value is -5.03. The third-order valence-corrected chi connectivity index (χ3v) is 7.71. The fraction of sp³-hybridized carbons (Fsp3) is 0.0882. The highest BCUT2D eigenvalue weighted by molar-refractivity contribution is 5.85. The van der Waals surface area contributed by atoms with Crippen molar-refractivity contribution in [1.82, 2.24) is 19.9 Å². The Kier molecular flexibility index (Phi) is 5.37. The van der Waals surface area contributed by atoms with Gasteiger partial charge in [-0.2, -0.15) is 0 Å². The molecule has 5 heteroatoms. The predicted molar refractivity (Wildman–Crippen MR) is 153 cm³/mol. The van der Waals surface area contributed by atoms with E-state index in [0.717, 1.165) is 34.8 Å². The second-order valence-corrected chi connectivity index (χ2v) is 9.81. The monoisotopic (exact) mass is 506 g/mol. The third kappa shape index (κ3) is 3.51. The maximum absolute atomic E-state index is 10.6. The van der Waals surface area contributed by atoms with Crippen molar-refractivity contribution in [2.45, 2.75) is 18.8 Å². The first-order valence-corrected chi connectivity index (χ1v) is 13.2. The molecule has 39 heavy (non-hydrogen) atoms. The molecule has 3 heterocycles. The van der Waals surface area contributed by atoms with E-state index in [-0.39, 0.29) is 5.75 Å². The Morgan fingerprint density at radius 3 is 2.13 bits per heavy atom. The highest BCUT2D eigenvalue weighted by Gasteiger charge is 2.48. The lowest BCUT2D eigenvalue weighted by Gasteiger charge is -2.31. The lowest BCUT2D eigenvalue weighted by molar-refractivity contribution is 0.476. The molecule has 1 aliphatic rings. The molecule has 7 rings (SSSR count). The number of phenolic OH excluding ortho intramolecular Hbond substituents is 1. The summed E-state index contributed by atoms with van der Waals surface area (Å²) in [5, 5.41) is 10.6. The van der Waals surface area contributed by atoms with E-state index in [1.54, 1.807) is 12.3 Å². The molecule has 1 aliphatic carbocycles. The number of aromatic hydroxyl groups is 1. The number of H-pyrrole nitrogens is 1. The average molecular weight is 507 g/mol. The number of nitrogens with zero attached hydrogens (tertiary/aromatic N) is 3. The summed E-state index contributed by atoms with van der Waals surface area (Å²) in [7, 11) is 0. The van der Waals surface area contributed by atoms with Gasteiger partial charge in [0, 0.05) is 6.20 Å². The zero-order valence-electron chi connectivity index (χ0n) is 21.5. The molecule has 6 aromatic rings. The van der Waals surface area contributed by atoms with Gasteiger partial charge in [0.15, 0.2) is 0 Å². The number of aryl methyl sites for hydroxylation is 1. The number of aromatic nitrogens is 4. The molecule has 0 radical (unpaired) electrons. The number of imidazole rings is 1. The Morgan fingerprint density at radius 1 is 0.718 bits per heavy atom. The number of nitrogens with one attached hydrogen (secondary N) is 1. The molecule has 0 saturated heterocycles. The van der Waals surface area contributed by atoms with Crippen molar-refractivity contribution in [2.75, 3.05) is 0 Å². The van der Waals surface area contributed by atoms with E-state index in [1.807, 2.05) is 42.6 Å². The van der Waals surface area contributed by atoms with Crippen molar-refractivity contribution in [2.24, 2.45) is 0 Å². The van der Waals surface area contributed by atoms with Gasteiger partial charge in [-0.05, 0) is 70.6 Å². The van der Waals surface area contributed by atoms with Crippen LogP contribution in [0.4, 0.5) is 0 Å². The van der Waals surface area contributed by atoms with Crippen molar-refractivity contribution in [3.05, 3.63) is 144 Å². The van der Waals surface area contributed by atoms with Crippen LogP contribution in [0.3, 0.4) is 0 Å². The van der Waals surface area contributed by atoms with Crippen LogP contribution in [0.25, 0.3) is 33.9 Å². The zero-order chi connectivity index (χ0) is 26.4. The minimum absolute atomic E-state index is 0.213. The van der Waals surface area contributed by atoms with Gasteiger partial charge in [-0.15, -0.1) is 0 Å². The molecule has 3 aromatic carbocycles. The van der Waals surface area contributed by atoms with E-state index < -0.39 is 5.41 Å². The molecule has 0 fully saturated rings. The minimum atomic E-state index is -0.665. The van der Waals surface area contributed by atoms with E-state index in [1.165, 1.54) is 22.3 Å². The largest absolute Gasteiger partial charge is 0.507 e. The summed E-state index contributed by atoms with van der Waals surface area (Å²) in [5.74, 6) is 0.818. The Bertz CT molecular complexity index is 1780. The highest BCUT2D eigenvalue weighted by atomic mass is 16.3. The van der Waals surface area contributed by atoms with Gasteiger partial charge in [0.25, 0.3) is 0 Å². The van der Waals surface area contributed by atoms with E-state index in [2.05, 4.69) is 77.6 Å². The van der Waals surface area contributed by atoms with E-state index in [0.29, 0.717) is 11.4 Å². The number of hydrogen-bond acceptors (Lipinski definition) is 4. The lowest BCUT2D eigenvalue weighted by atomic mass is 9.72. The molecule has 0 bridgehead atoms. The second kappa shape index (κ2) is 9.07. The summed E-state index contributed by atoms with van der Waals surface area (Å²) in [5.41, 5.74) is 9.17. The summed E-state index contributed by atoms with van der Waals surface area (Å²) in [6.07, 6.45) is 4.48. The molecular weight excluding hydrogens is 480 g/mol. The normalized spacial score (nSPS) is 13.2. The zero-order valence-corrected chi connectivity index (χ0v) is 21.5. The first kappa shape index (κ1) is 23.1. The van der Waals surface area contributed by atoms with Crippen LogP contribution in [0, 0.1) is 0 Å². The van der Waals surface area contributed by atoms with Gasteiger partial charge < -0.3 is 10.1 Å². The topological polar surface area (TPSA) is 74.7 Å². The SMILES string of the molecule is CCc1ccc(-c2ncc(-c3cccc(C4(c5ccccn5)c5ccccc5-c5ccccc54)n3)[nH]2)c(O)c1. The summed E-state index contributed by atoms with van der Waals surface area (Å²) < 4.78 is 0. The quantitative estimate of drug-likeness (QED) is 0.260. The van der Waals surface area contributed by atoms with E-state index in [4.69, 9.17) is 9.97 Å². The summed E-state index contributed by atoms with van der Waals surface area (Å²) in [4.78, 5) is 18.1. The van der Waals surface area contributed by atoms with Gasteiger partial charge in [-0.1, -0.05) is 73.7 Å². The van der Waals surface area contributed by atoms with Crippen molar-refractivity contribution in [3.8, 4) is 39.7 Å². The van der Waals surface area contributed by atoms with Gasteiger partial charge in [-0.25, -0.2) is 9.97 Å². The number of phenols is 1. The first-order valence-electron chi connectivity index (χ1n) is 13.2. The van der Waals surface area contributed by atoms with Crippen molar-refractivity contribution in [1.29, 1.82) is 0 Å². The number of benzene rings is 3. The fourth-order valence-corrected chi connectivity index (χ4v) is 5.88. The van der Waals surface area contributed by atoms with Gasteiger partial charge in [0.1, 0.15) is 17.0 Å². The average Bonchev–Trinajstić information content (AvgIpc) is 3.60. The summed E-state index contributed by atoms with van der Waals surface area (Å²) >= 11 is 0. The van der Waals surface area contributed by atoms with Gasteiger partial charge in [-0.3, -0.25) is 4.98 Å². The third-order valence-electron chi connectivity index (χ3n) is 7.71. The van der Waals surface area contributed by atoms with Crippen LogP contribution < -0.4 is 0 Å². The highest BCUT2D eigenvalue weighted by Crippen LogP contribution is 2.55. The number of fused-ring (bicyclic) bond motifs is 3. The smallest absolute Gasteiger partial charge is 0.141 e. The standard InChI is InChI=1S/C34H26N4O/c1-2-22-17-18-25(30(39)20-22)33-36-21-29(38-33)28-14-9-16-32(37-28)34(31-15-7-8-19-35-31)26-12-5-3-10-23(26)24-11-4-6-13-27(24)34/h3-21,39H,2H2,1H3,(H,36,38). The molecule has 0 unspecified atom stereocenters. The van der Waals surface area contributed by atoms with Crippen LogP contribution >= 0.6 is 0 Å². The first-order chi connectivity index (χ1) is 19.2. The molecule has 0 saturated carbocycles. The van der Waals surface area contributed by atoms with Gasteiger partial charge in [0.05, 0.1) is 34.5 Å². The molecule has 0 amide bonds. The molecule has 188 valence electrons. The molecule has 5 nitrogen and oxygen atoms in total. The maximum atomic E-state index is 10.6. The van der Waals surface area contributed by atoms with Crippen LogP contribution in [0.2, 0.25) is 0 Å². The number of hydrogen-bond donors (Lipinski definition) is 2. The fourth-order valence-electron chi connectivity index (χ4n) is 5.88. The summed E-state index contributed by atoms with van der Waals surface area (Å²) in [6, 6.07) is 35.0. The molecule has 0 atom stereocenters. The molecule has 3 aromatic heterocycles. The number of rotatable bonds is 5. The van der Waals surface area contributed by atoms with Crippen molar-refractivity contribution >= 4 is 0 Å². The van der Waals surface area contributed by atoms with Crippen molar-refractivity contribution in [3.63, 3.8) is 0 Å². The Balaban J connectivity index is 1.41. The molecule has 0 aliphatic heterocycles. The van der Waals surface area contributed by atoms with Crippen LogP contribution in [0.1, 0.15) is 35.0 Å². The Morgan fingerprint density at radius 2 is 1.44 bits per heavy atom. The summed E-state index contributed by atoms with van der Waals surface area (Å²) in [6.45, 7) is 2.07. The van der Waals surface area contributed by atoms with Gasteiger partial charge in [0.2, 0.25) is 0 Å². The molecular formula is C34H26N4O. The van der Waals surface area contributed by atoms with Crippen LogP contribution in [0.5, 0.6) is 5.75 Å². The van der Waals surface area contributed by atoms with Crippen LogP contribution in [-0.2, 0) is 11.8 Å². The maximum Gasteiger partial charge on any atom is 0.141 e. The van der Waals surface area contributed by atoms with Crippen LogP contribution in [-0.4, -0.2) is 25.0 Å². The Labute approximate surface area is 226 Å². The lowest BCUT2D eigenvalue weighted by Crippen LogP contribution is -2.31. The second-order valence-electron chi connectivity index (χ2n) is 9.81. The minimum Gasteiger partial charge on any atom is -0.507 e. The van der Waals surface area contributed by atoms with E-state index in [9.17, 15) is 5.11 Å². The van der Waals surface area contributed by atoms with Crippen LogP contribution in [0.15, 0.2) is 116 Å².